The van der Waals surface area contributed by atoms with Crippen molar-refractivity contribution < 1.29 is 9.59 Å². The van der Waals surface area contributed by atoms with Gasteiger partial charge in [0.1, 0.15) is 0 Å². The van der Waals surface area contributed by atoms with Gasteiger partial charge in [-0.2, -0.15) is 0 Å². The first kappa shape index (κ1) is 49.6. The Bertz CT molecular complexity index is 2030. The molecule has 0 aliphatic rings. The van der Waals surface area contributed by atoms with Crippen LogP contribution < -0.4 is 21.3 Å². The van der Waals surface area contributed by atoms with Gasteiger partial charge in [0.15, 0.2) is 0 Å². The fourth-order valence-corrected chi connectivity index (χ4v) is 10.3. The maximum atomic E-state index is 13.8. The Balaban J connectivity index is 0.970. The highest BCUT2D eigenvalue weighted by atomic mass is 16.2. The van der Waals surface area contributed by atoms with E-state index in [1.54, 1.807) is 0 Å². The highest BCUT2D eigenvalue weighted by Gasteiger charge is 2.41. The van der Waals surface area contributed by atoms with Gasteiger partial charge in [0.05, 0.1) is 0 Å². The molecule has 4 unspecified atom stereocenters. The topological polar surface area (TPSA) is 82.3 Å². The summed E-state index contributed by atoms with van der Waals surface area (Å²) in [6.07, 6.45) is 5.26. The Morgan fingerprint density at radius 2 is 0.636 bits per heavy atom. The molecule has 0 aliphatic carbocycles. The van der Waals surface area contributed by atoms with Crippen molar-refractivity contribution in [3.8, 4) is 0 Å². The number of benzene rings is 6. The Labute approximate surface area is 396 Å². The van der Waals surface area contributed by atoms with Crippen molar-refractivity contribution >= 4 is 11.8 Å². The van der Waals surface area contributed by atoms with Gasteiger partial charge in [-0.25, -0.2) is 0 Å². The lowest BCUT2D eigenvalue weighted by atomic mass is 9.63. The summed E-state index contributed by atoms with van der Waals surface area (Å²) in [5, 5.41) is 13.4. The molecule has 6 aromatic rings. The lowest BCUT2D eigenvalue weighted by Crippen LogP contribution is -2.41. The molecule has 0 aromatic heterocycles. The van der Waals surface area contributed by atoms with Gasteiger partial charge < -0.3 is 21.3 Å². The molecule has 0 heterocycles. The minimum atomic E-state index is -0.340. The summed E-state index contributed by atoms with van der Waals surface area (Å²) in [5.74, 6) is 0.440. The Hall–Kier alpha value is -5.82. The van der Waals surface area contributed by atoms with Gasteiger partial charge in [-0.15, -0.1) is 0 Å². The second-order valence-corrected chi connectivity index (χ2v) is 18.4. The highest BCUT2D eigenvalue weighted by molar-refractivity contribution is 5.79. The van der Waals surface area contributed by atoms with Gasteiger partial charge in [-0.05, 0) is 83.7 Å². The standard InChI is InChI=1S/C60H74N4O2/c1-5-49(51-25-13-7-14-26-51)45-59(53-29-17-9-18-30-53,54-31-19-10-20-32-54)43-47(3)57(65)63-41-39-61-37-38-62-40-42-64-58(66)48(4)44-60(55-33-21-11-22-34-55,56-35-23-12-24-36-56)46-50(6-2)52-27-15-8-16-28-52/h7-36,47-50,61-62H,5-6,37-46H2,1-4H3,(H,63,65)(H,64,66). The van der Waals surface area contributed by atoms with Crippen molar-refractivity contribution in [1.29, 1.82) is 0 Å². The molecule has 6 rings (SSSR count). The van der Waals surface area contributed by atoms with Gasteiger partial charge in [0.25, 0.3) is 0 Å². The van der Waals surface area contributed by atoms with Crippen molar-refractivity contribution in [3.63, 3.8) is 0 Å². The van der Waals surface area contributed by atoms with Crippen molar-refractivity contribution in [2.75, 3.05) is 39.3 Å². The SMILES string of the molecule is CCC(CC(CC(C)C(=O)NCCNCCNCCNC(=O)C(C)CC(CC(CC)c1ccccc1)(c1ccccc1)c1ccccc1)(c1ccccc1)c1ccccc1)c1ccccc1. The van der Waals surface area contributed by atoms with Crippen molar-refractivity contribution in [3.05, 3.63) is 215 Å². The van der Waals surface area contributed by atoms with E-state index < -0.39 is 0 Å². The quantitative estimate of drug-likeness (QED) is 0.0389. The highest BCUT2D eigenvalue weighted by Crippen LogP contribution is 2.48. The van der Waals surface area contributed by atoms with Gasteiger partial charge in [-0.1, -0.05) is 210 Å². The summed E-state index contributed by atoms with van der Waals surface area (Å²) in [5.41, 5.74) is 7.01. The smallest absolute Gasteiger partial charge is 0.222 e. The van der Waals surface area contributed by atoms with Gasteiger partial charge in [-0.3, -0.25) is 9.59 Å². The summed E-state index contributed by atoms with van der Waals surface area (Å²) in [4.78, 5) is 27.5. The monoisotopic (exact) mass is 883 g/mol. The predicted molar refractivity (Wildman–Crippen MR) is 275 cm³/mol. The molecule has 346 valence electrons. The molecule has 0 fully saturated rings. The third-order valence-corrected chi connectivity index (χ3v) is 13.9. The van der Waals surface area contributed by atoms with Crippen LogP contribution in [0.2, 0.25) is 0 Å². The number of hydrogen-bond donors (Lipinski definition) is 4. The Morgan fingerprint density at radius 3 is 0.909 bits per heavy atom. The third-order valence-electron chi connectivity index (χ3n) is 13.9. The molecular weight excluding hydrogens is 809 g/mol. The van der Waals surface area contributed by atoms with Crippen molar-refractivity contribution in [2.45, 2.75) is 88.9 Å². The minimum absolute atomic E-state index is 0.0787. The number of carbonyl (C=O) groups excluding carboxylic acids is 2. The zero-order valence-electron chi connectivity index (χ0n) is 39.9. The Morgan fingerprint density at radius 1 is 0.379 bits per heavy atom. The molecule has 2 amide bonds. The first-order valence-corrected chi connectivity index (χ1v) is 24.6. The molecule has 6 aromatic carbocycles. The van der Waals surface area contributed by atoms with Crippen LogP contribution in [0.3, 0.4) is 0 Å². The van der Waals surface area contributed by atoms with E-state index in [1.807, 2.05) is 0 Å². The molecule has 0 saturated heterocycles. The molecule has 6 nitrogen and oxygen atoms in total. The molecule has 0 bridgehead atoms. The maximum Gasteiger partial charge on any atom is 0.222 e. The van der Waals surface area contributed by atoms with Crippen LogP contribution in [-0.2, 0) is 20.4 Å². The zero-order chi connectivity index (χ0) is 46.5. The summed E-state index contributed by atoms with van der Waals surface area (Å²) >= 11 is 0. The van der Waals surface area contributed by atoms with Crippen LogP contribution in [0.25, 0.3) is 0 Å². The lowest BCUT2D eigenvalue weighted by molar-refractivity contribution is -0.125. The summed E-state index contributed by atoms with van der Waals surface area (Å²) < 4.78 is 0. The number of rotatable bonds is 27. The maximum absolute atomic E-state index is 13.8. The molecular formula is C60H74N4O2. The molecule has 0 aliphatic heterocycles. The van der Waals surface area contributed by atoms with Gasteiger partial charge in [0, 0.05) is 61.9 Å². The summed E-state index contributed by atoms with van der Waals surface area (Å²) in [7, 11) is 0. The van der Waals surface area contributed by atoms with Crippen molar-refractivity contribution in [1.82, 2.24) is 21.3 Å². The number of nitrogens with one attached hydrogen (secondary N) is 4. The average Bonchev–Trinajstić information content (AvgIpc) is 3.38. The lowest BCUT2D eigenvalue weighted by Gasteiger charge is -2.40. The van der Waals surface area contributed by atoms with E-state index in [2.05, 4.69) is 231 Å². The zero-order valence-corrected chi connectivity index (χ0v) is 39.9. The molecule has 0 radical (unpaired) electrons. The fraction of sp³-hybridized carbons (Fsp3) is 0.367. The molecule has 0 saturated carbocycles. The first-order valence-electron chi connectivity index (χ1n) is 24.6. The molecule has 66 heavy (non-hydrogen) atoms. The normalized spacial score (nSPS) is 13.6. The number of carbonyl (C=O) groups is 2. The molecule has 0 spiro atoms. The second kappa shape index (κ2) is 25.8. The van der Waals surface area contributed by atoms with Crippen LogP contribution in [0.4, 0.5) is 0 Å². The average molecular weight is 883 g/mol. The summed E-state index contributed by atoms with van der Waals surface area (Å²) in [6, 6.07) is 64.8. The van der Waals surface area contributed by atoms with E-state index in [0.29, 0.717) is 50.9 Å². The van der Waals surface area contributed by atoms with E-state index in [0.717, 1.165) is 38.8 Å². The fourth-order valence-electron chi connectivity index (χ4n) is 10.3. The van der Waals surface area contributed by atoms with E-state index in [-0.39, 0.29) is 34.5 Å². The van der Waals surface area contributed by atoms with Crippen LogP contribution in [-0.4, -0.2) is 51.1 Å². The minimum Gasteiger partial charge on any atom is -0.355 e. The van der Waals surface area contributed by atoms with Crippen LogP contribution in [0.1, 0.15) is 111 Å². The molecule has 6 heteroatoms. The predicted octanol–water partition coefficient (Wildman–Crippen LogP) is 11.6. The van der Waals surface area contributed by atoms with Crippen LogP contribution in [0, 0.1) is 11.8 Å². The van der Waals surface area contributed by atoms with Crippen LogP contribution in [0.5, 0.6) is 0 Å². The number of amides is 2. The molecule has 4 atom stereocenters. The van der Waals surface area contributed by atoms with Gasteiger partial charge >= 0.3 is 0 Å². The van der Waals surface area contributed by atoms with E-state index in [9.17, 15) is 9.59 Å². The third kappa shape index (κ3) is 13.4. The Kier molecular flexibility index (Phi) is 19.4. The van der Waals surface area contributed by atoms with E-state index >= 15 is 0 Å². The van der Waals surface area contributed by atoms with Crippen molar-refractivity contribution in [2.24, 2.45) is 11.8 Å². The summed E-state index contributed by atoms with van der Waals surface area (Å²) in [6.45, 7) is 12.7. The second-order valence-electron chi connectivity index (χ2n) is 18.4. The largest absolute Gasteiger partial charge is 0.355 e. The molecule has 4 N–H and O–H groups in total. The first-order chi connectivity index (χ1) is 32.3. The van der Waals surface area contributed by atoms with E-state index in [4.69, 9.17) is 0 Å². The number of hydrogen-bond acceptors (Lipinski definition) is 4. The van der Waals surface area contributed by atoms with E-state index in [1.165, 1.54) is 33.4 Å². The van der Waals surface area contributed by atoms with Crippen LogP contribution in [0.15, 0.2) is 182 Å². The van der Waals surface area contributed by atoms with Crippen LogP contribution >= 0.6 is 0 Å². The van der Waals surface area contributed by atoms with Gasteiger partial charge in [0.2, 0.25) is 11.8 Å².